The van der Waals surface area contributed by atoms with Crippen molar-refractivity contribution < 1.29 is 14.1 Å². The highest BCUT2D eigenvalue weighted by atomic mass is 16.6. The van der Waals surface area contributed by atoms with Crippen LogP contribution in [0.15, 0.2) is 52.9 Å². The van der Waals surface area contributed by atoms with Gasteiger partial charge in [0.1, 0.15) is 5.76 Å². The molecule has 0 bridgehead atoms. The van der Waals surface area contributed by atoms with Gasteiger partial charge in [0.25, 0.3) is 11.6 Å². The van der Waals surface area contributed by atoms with Crippen LogP contribution in [-0.4, -0.2) is 10.8 Å². The second kappa shape index (κ2) is 6.84. The number of nitro groups is 1. The number of nitrogens with one attached hydrogen (secondary N) is 1. The number of carbonyl (C=O) groups is 1. The minimum Gasteiger partial charge on any atom is -0.451 e. The van der Waals surface area contributed by atoms with E-state index in [2.05, 4.69) is 5.32 Å². The van der Waals surface area contributed by atoms with Gasteiger partial charge < -0.3 is 9.73 Å². The van der Waals surface area contributed by atoms with Crippen molar-refractivity contribution in [2.75, 3.05) is 5.32 Å². The van der Waals surface area contributed by atoms with Crippen molar-refractivity contribution in [3.8, 4) is 11.3 Å². The zero-order chi connectivity index (χ0) is 18.8. The van der Waals surface area contributed by atoms with E-state index in [0.717, 1.165) is 16.8 Å². The van der Waals surface area contributed by atoms with Gasteiger partial charge >= 0.3 is 0 Å². The number of benzene rings is 2. The molecule has 1 heterocycles. The number of non-ortho nitro benzene ring substituents is 1. The summed E-state index contributed by atoms with van der Waals surface area (Å²) in [6.45, 7) is 5.62. The zero-order valence-corrected chi connectivity index (χ0v) is 14.7. The molecule has 0 spiro atoms. The Morgan fingerprint density at radius 3 is 2.31 bits per heavy atom. The van der Waals surface area contributed by atoms with Crippen LogP contribution in [0.1, 0.15) is 27.2 Å². The Labute approximate surface area is 150 Å². The molecular weight excluding hydrogens is 332 g/mol. The van der Waals surface area contributed by atoms with Gasteiger partial charge in [-0.05, 0) is 55.7 Å². The van der Waals surface area contributed by atoms with Crippen molar-refractivity contribution >= 4 is 17.3 Å². The van der Waals surface area contributed by atoms with Gasteiger partial charge in [0.2, 0.25) is 0 Å². The average Bonchev–Trinajstić information content (AvgIpc) is 3.08. The summed E-state index contributed by atoms with van der Waals surface area (Å²) >= 11 is 0. The maximum Gasteiger partial charge on any atom is 0.291 e. The number of para-hydroxylation sites is 1. The number of carbonyl (C=O) groups excluding carboxylic acids is 1. The van der Waals surface area contributed by atoms with Crippen molar-refractivity contribution in [1.29, 1.82) is 0 Å². The predicted molar refractivity (Wildman–Crippen MR) is 99.4 cm³/mol. The second-order valence-electron chi connectivity index (χ2n) is 6.14. The Bertz CT molecular complexity index is 985. The number of aryl methyl sites for hydroxylation is 3. The monoisotopic (exact) mass is 350 g/mol. The van der Waals surface area contributed by atoms with Gasteiger partial charge in [0, 0.05) is 23.4 Å². The van der Waals surface area contributed by atoms with Crippen LogP contribution < -0.4 is 5.32 Å². The normalized spacial score (nSPS) is 10.6. The van der Waals surface area contributed by atoms with Gasteiger partial charge in [-0.25, -0.2) is 0 Å². The third-order valence-electron chi connectivity index (χ3n) is 4.24. The first kappa shape index (κ1) is 17.4. The minimum atomic E-state index is -0.442. The summed E-state index contributed by atoms with van der Waals surface area (Å²) in [6.07, 6.45) is 0. The van der Waals surface area contributed by atoms with E-state index in [1.807, 2.05) is 32.0 Å². The van der Waals surface area contributed by atoms with Gasteiger partial charge in [0.15, 0.2) is 5.76 Å². The number of hydrogen-bond acceptors (Lipinski definition) is 4. The zero-order valence-electron chi connectivity index (χ0n) is 14.7. The average molecular weight is 350 g/mol. The molecule has 0 saturated heterocycles. The number of anilines is 1. The summed E-state index contributed by atoms with van der Waals surface area (Å²) in [5.41, 5.74) is 4.14. The van der Waals surface area contributed by atoms with Crippen LogP contribution in [-0.2, 0) is 0 Å². The van der Waals surface area contributed by atoms with Crippen LogP contribution in [0.4, 0.5) is 11.4 Å². The number of nitrogens with zero attached hydrogens (tertiary/aromatic N) is 1. The highest BCUT2D eigenvalue weighted by molar-refractivity contribution is 6.03. The van der Waals surface area contributed by atoms with Crippen molar-refractivity contribution in [1.82, 2.24) is 0 Å². The van der Waals surface area contributed by atoms with E-state index in [-0.39, 0.29) is 17.4 Å². The molecule has 1 amide bonds. The fourth-order valence-electron chi connectivity index (χ4n) is 2.83. The number of amides is 1. The number of hydrogen-bond donors (Lipinski definition) is 1. The molecule has 0 aliphatic rings. The van der Waals surface area contributed by atoms with E-state index in [1.54, 1.807) is 25.1 Å². The van der Waals surface area contributed by atoms with Crippen LogP contribution in [0, 0.1) is 30.9 Å². The predicted octanol–water partition coefficient (Wildman–Crippen LogP) is 5.03. The van der Waals surface area contributed by atoms with Crippen LogP contribution >= 0.6 is 0 Å². The first-order valence-corrected chi connectivity index (χ1v) is 8.09. The van der Waals surface area contributed by atoms with E-state index in [9.17, 15) is 14.9 Å². The summed E-state index contributed by atoms with van der Waals surface area (Å²) in [5.74, 6) is 0.331. The lowest BCUT2D eigenvalue weighted by Gasteiger charge is -2.10. The molecule has 0 unspecified atom stereocenters. The lowest BCUT2D eigenvalue weighted by atomic mass is 10.1. The summed E-state index contributed by atoms with van der Waals surface area (Å²) in [5, 5.41) is 13.7. The molecule has 2 aromatic carbocycles. The first-order chi connectivity index (χ1) is 12.4. The molecule has 1 aromatic heterocycles. The maximum absolute atomic E-state index is 12.5. The van der Waals surface area contributed by atoms with Crippen LogP contribution in [0.3, 0.4) is 0 Å². The SMILES string of the molecule is Cc1cc([N+](=O)[O-])ccc1-c1ccc(C(=O)Nc2c(C)cccc2C)o1. The highest BCUT2D eigenvalue weighted by Crippen LogP contribution is 2.29. The van der Waals surface area contributed by atoms with E-state index in [1.165, 1.54) is 12.1 Å². The molecule has 1 N–H and O–H groups in total. The Balaban J connectivity index is 1.86. The molecule has 132 valence electrons. The lowest BCUT2D eigenvalue weighted by molar-refractivity contribution is -0.384. The molecule has 0 saturated carbocycles. The van der Waals surface area contributed by atoms with Gasteiger partial charge in [-0.1, -0.05) is 18.2 Å². The van der Waals surface area contributed by atoms with Crippen LogP contribution in [0.25, 0.3) is 11.3 Å². The summed E-state index contributed by atoms with van der Waals surface area (Å²) in [6, 6.07) is 13.6. The van der Waals surface area contributed by atoms with Gasteiger partial charge in [0.05, 0.1) is 4.92 Å². The second-order valence-corrected chi connectivity index (χ2v) is 6.14. The molecule has 26 heavy (non-hydrogen) atoms. The first-order valence-electron chi connectivity index (χ1n) is 8.09. The van der Waals surface area contributed by atoms with Crippen molar-refractivity contribution in [2.45, 2.75) is 20.8 Å². The number of rotatable bonds is 4. The molecule has 6 heteroatoms. The molecule has 3 rings (SSSR count). The number of furan rings is 1. The Hall–Kier alpha value is -3.41. The summed E-state index contributed by atoms with van der Waals surface area (Å²) in [4.78, 5) is 22.9. The van der Waals surface area contributed by atoms with Gasteiger partial charge in [-0.3, -0.25) is 14.9 Å². The molecular formula is C20H18N2O4. The number of nitro benzene ring substituents is 1. The molecule has 3 aromatic rings. The Kier molecular flexibility index (Phi) is 4.58. The Morgan fingerprint density at radius 1 is 1.00 bits per heavy atom. The third-order valence-corrected chi connectivity index (χ3v) is 4.24. The molecule has 6 nitrogen and oxygen atoms in total. The van der Waals surface area contributed by atoms with E-state index in [4.69, 9.17) is 4.42 Å². The smallest absolute Gasteiger partial charge is 0.291 e. The van der Waals surface area contributed by atoms with Crippen molar-refractivity contribution in [2.24, 2.45) is 0 Å². The fourth-order valence-corrected chi connectivity index (χ4v) is 2.83. The Morgan fingerprint density at radius 2 is 1.69 bits per heavy atom. The topological polar surface area (TPSA) is 85.4 Å². The molecule has 0 radical (unpaired) electrons. The van der Waals surface area contributed by atoms with E-state index in [0.29, 0.717) is 16.9 Å². The summed E-state index contributed by atoms with van der Waals surface area (Å²) in [7, 11) is 0. The van der Waals surface area contributed by atoms with E-state index >= 15 is 0 Å². The standard InChI is InChI=1S/C20H18N2O4/c1-12-5-4-6-13(2)19(12)21-20(23)18-10-9-17(26-18)16-8-7-15(22(24)25)11-14(16)3/h4-11H,1-3H3,(H,21,23). The van der Waals surface area contributed by atoms with Gasteiger partial charge in [-0.15, -0.1) is 0 Å². The molecule has 0 aliphatic carbocycles. The van der Waals surface area contributed by atoms with Crippen molar-refractivity contribution in [3.05, 3.63) is 81.1 Å². The quantitative estimate of drug-likeness (QED) is 0.528. The van der Waals surface area contributed by atoms with Crippen LogP contribution in [0.2, 0.25) is 0 Å². The van der Waals surface area contributed by atoms with E-state index < -0.39 is 4.92 Å². The van der Waals surface area contributed by atoms with Crippen LogP contribution in [0.5, 0.6) is 0 Å². The van der Waals surface area contributed by atoms with Crippen molar-refractivity contribution in [3.63, 3.8) is 0 Å². The fraction of sp³-hybridized carbons (Fsp3) is 0.150. The summed E-state index contributed by atoms with van der Waals surface area (Å²) < 4.78 is 5.68. The minimum absolute atomic E-state index is 0.0193. The molecule has 0 atom stereocenters. The molecule has 0 fully saturated rings. The highest BCUT2D eigenvalue weighted by Gasteiger charge is 2.16. The third kappa shape index (κ3) is 3.35. The maximum atomic E-state index is 12.5. The molecule has 0 aliphatic heterocycles. The lowest BCUT2D eigenvalue weighted by Crippen LogP contribution is -2.12. The van der Waals surface area contributed by atoms with Gasteiger partial charge in [-0.2, -0.15) is 0 Å². The largest absolute Gasteiger partial charge is 0.451 e.